The molecular weight excluding hydrogens is 613 g/mol. The van der Waals surface area contributed by atoms with Crippen molar-refractivity contribution in [1.82, 2.24) is 5.32 Å². The van der Waals surface area contributed by atoms with Crippen LogP contribution in [0.15, 0.2) is 102 Å². The molecule has 0 radical (unpaired) electrons. The maximum absolute atomic E-state index is 13.5. The molecule has 0 fully saturated rings. The molecule has 0 aliphatic heterocycles. The minimum atomic E-state index is -5.07. The van der Waals surface area contributed by atoms with E-state index in [0.717, 1.165) is 5.56 Å². The minimum Gasteiger partial charge on any atom is -0.497 e. The molecule has 0 bridgehead atoms. The van der Waals surface area contributed by atoms with Gasteiger partial charge in [-0.3, -0.25) is 4.79 Å². The van der Waals surface area contributed by atoms with Crippen LogP contribution in [-0.4, -0.2) is 32.3 Å². The van der Waals surface area contributed by atoms with Crippen molar-refractivity contribution >= 4 is 27.5 Å². The molecule has 220 valence electrons. The van der Waals surface area contributed by atoms with Crippen molar-refractivity contribution in [3.05, 3.63) is 118 Å². The van der Waals surface area contributed by atoms with Crippen molar-refractivity contribution in [3.63, 3.8) is 0 Å². The van der Waals surface area contributed by atoms with Crippen molar-refractivity contribution in [1.29, 1.82) is 0 Å². The predicted molar refractivity (Wildman–Crippen MR) is 159 cm³/mol. The number of carbonyl (C=O) groups is 1. The fourth-order valence-corrected chi connectivity index (χ4v) is 5.05. The zero-order valence-electron chi connectivity index (χ0n) is 23.0. The average Bonchev–Trinajstić information content (AvgIpc) is 3.00. The fraction of sp³-hybridized carbons (Fsp3) is 0.219. The number of halogens is 4. The van der Waals surface area contributed by atoms with Crippen molar-refractivity contribution in [2.45, 2.75) is 31.3 Å². The van der Waals surface area contributed by atoms with Gasteiger partial charge in [0.15, 0.2) is 11.5 Å². The smallest absolute Gasteiger partial charge is 0.471 e. The maximum Gasteiger partial charge on any atom is 0.471 e. The van der Waals surface area contributed by atoms with Gasteiger partial charge in [0, 0.05) is 5.69 Å². The SMILES string of the molecule is COc1ccc(N[C@H](c2ccccc2)[C@H](Cc2ccc(OC)c(OCc3ccccc3)c2Br)NC(=O)C(F)(F)F)cc1. The molecule has 1 amide bonds. The van der Waals surface area contributed by atoms with Crippen LogP contribution in [-0.2, 0) is 17.8 Å². The summed E-state index contributed by atoms with van der Waals surface area (Å²) >= 11 is 3.59. The lowest BCUT2D eigenvalue weighted by molar-refractivity contribution is -0.174. The summed E-state index contributed by atoms with van der Waals surface area (Å²) in [5, 5.41) is 5.55. The van der Waals surface area contributed by atoms with Gasteiger partial charge in [-0.05, 0) is 69.4 Å². The van der Waals surface area contributed by atoms with E-state index in [1.165, 1.54) is 7.11 Å². The number of methoxy groups -OCH3 is 2. The van der Waals surface area contributed by atoms with Crippen molar-refractivity contribution < 1.29 is 32.2 Å². The number of rotatable bonds is 12. The molecule has 0 aliphatic rings. The van der Waals surface area contributed by atoms with E-state index in [0.29, 0.717) is 38.5 Å². The summed E-state index contributed by atoms with van der Waals surface area (Å²) in [6, 6.07) is 27.2. The van der Waals surface area contributed by atoms with E-state index in [-0.39, 0.29) is 13.0 Å². The number of nitrogens with one attached hydrogen (secondary N) is 2. The van der Waals surface area contributed by atoms with Crippen molar-refractivity contribution in [2.24, 2.45) is 0 Å². The Labute approximate surface area is 250 Å². The van der Waals surface area contributed by atoms with Gasteiger partial charge in [0.1, 0.15) is 12.4 Å². The second-order valence-electron chi connectivity index (χ2n) is 9.39. The van der Waals surface area contributed by atoms with Crippen LogP contribution >= 0.6 is 15.9 Å². The monoisotopic (exact) mass is 642 g/mol. The van der Waals surface area contributed by atoms with Gasteiger partial charge in [0.25, 0.3) is 0 Å². The van der Waals surface area contributed by atoms with Crippen LogP contribution in [0.2, 0.25) is 0 Å². The Bertz CT molecular complexity index is 1450. The van der Waals surface area contributed by atoms with E-state index in [9.17, 15) is 18.0 Å². The van der Waals surface area contributed by atoms with Crippen molar-refractivity contribution in [3.8, 4) is 17.2 Å². The largest absolute Gasteiger partial charge is 0.497 e. The number of hydrogen-bond acceptors (Lipinski definition) is 5. The quantitative estimate of drug-likeness (QED) is 0.168. The molecule has 4 aromatic carbocycles. The number of anilines is 1. The van der Waals surface area contributed by atoms with E-state index in [2.05, 4.69) is 26.6 Å². The Balaban J connectivity index is 1.72. The third-order valence-electron chi connectivity index (χ3n) is 6.57. The van der Waals surface area contributed by atoms with Gasteiger partial charge in [-0.15, -0.1) is 0 Å². The standard InChI is InChI=1S/C32H30BrF3N2O4/c1-40-25-16-14-24(15-17-25)37-29(22-11-7-4-8-12-22)26(38-31(39)32(34,35)36)19-23-13-18-27(41-2)30(28(23)33)42-20-21-9-5-3-6-10-21/h3-18,26,29,37H,19-20H2,1-2H3,(H,38,39)/t26-,29+/m0/s1. The Morgan fingerprint density at radius 1 is 0.857 bits per heavy atom. The fourth-order valence-electron chi connectivity index (χ4n) is 4.44. The number of benzene rings is 4. The van der Waals surface area contributed by atoms with E-state index < -0.39 is 24.2 Å². The number of ether oxygens (including phenoxy) is 3. The second-order valence-corrected chi connectivity index (χ2v) is 10.2. The van der Waals surface area contributed by atoms with E-state index in [1.807, 2.05) is 36.4 Å². The normalized spacial score (nSPS) is 12.6. The van der Waals surface area contributed by atoms with Crippen LogP contribution in [0.25, 0.3) is 0 Å². The number of alkyl halides is 3. The number of hydrogen-bond donors (Lipinski definition) is 2. The molecule has 2 atom stereocenters. The van der Waals surface area contributed by atoms with Crippen LogP contribution < -0.4 is 24.8 Å². The third-order valence-corrected chi connectivity index (χ3v) is 7.44. The first-order chi connectivity index (χ1) is 20.2. The summed E-state index contributed by atoms with van der Waals surface area (Å²) in [4.78, 5) is 12.3. The average molecular weight is 644 g/mol. The molecule has 6 nitrogen and oxygen atoms in total. The van der Waals surface area contributed by atoms with Gasteiger partial charge in [0.2, 0.25) is 0 Å². The molecule has 0 saturated carbocycles. The minimum absolute atomic E-state index is 0.0246. The summed E-state index contributed by atoms with van der Waals surface area (Å²) in [5.41, 5.74) is 2.87. The molecule has 0 spiro atoms. The van der Waals surface area contributed by atoms with Crippen LogP contribution in [0.3, 0.4) is 0 Å². The van der Waals surface area contributed by atoms with E-state index in [1.54, 1.807) is 67.8 Å². The third kappa shape index (κ3) is 7.97. The summed E-state index contributed by atoms with van der Waals surface area (Å²) < 4.78 is 58.0. The Morgan fingerprint density at radius 2 is 1.50 bits per heavy atom. The molecule has 0 aliphatic carbocycles. The molecule has 4 aromatic rings. The van der Waals surface area contributed by atoms with E-state index >= 15 is 0 Å². The molecule has 42 heavy (non-hydrogen) atoms. The number of carbonyl (C=O) groups excluding carboxylic acids is 1. The first-order valence-electron chi connectivity index (χ1n) is 13.0. The van der Waals surface area contributed by atoms with Crippen molar-refractivity contribution in [2.75, 3.05) is 19.5 Å². The first-order valence-corrected chi connectivity index (χ1v) is 13.8. The molecule has 0 aromatic heterocycles. The van der Waals surface area contributed by atoms with Gasteiger partial charge >= 0.3 is 12.1 Å². The first kappa shape index (κ1) is 30.8. The Hall–Kier alpha value is -4.18. The highest BCUT2D eigenvalue weighted by Gasteiger charge is 2.41. The maximum atomic E-state index is 13.5. The lowest BCUT2D eigenvalue weighted by atomic mass is 9.93. The summed E-state index contributed by atoms with van der Waals surface area (Å²) in [7, 11) is 3.05. The van der Waals surface area contributed by atoms with Crippen LogP contribution in [0.1, 0.15) is 22.7 Å². The highest BCUT2D eigenvalue weighted by Crippen LogP contribution is 2.40. The van der Waals surface area contributed by atoms with Gasteiger partial charge in [0.05, 0.1) is 30.8 Å². The highest BCUT2D eigenvalue weighted by atomic mass is 79.9. The number of amides is 1. The molecule has 0 saturated heterocycles. The molecule has 10 heteroatoms. The Kier molecular flexibility index (Phi) is 10.4. The Morgan fingerprint density at radius 3 is 2.10 bits per heavy atom. The lowest BCUT2D eigenvalue weighted by Crippen LogP contribution is -2.48. The highest BCUT2D eigenvalue weighted by molar-refractivity contribution is 9.10. The molecule has 0 unspecified atom stereocenters. The second kappa shape index (κ2) is 14.1. The zero-order valence-corrected chi connectivity index (χ0v) is 24.5. The lowest BCUT2D eigenvalue weighted by Gasteiger charge is -2.31. The van der Waals surface area contributed by atoms with Crippen LogP contribution in [0.4, 0.5) is 18.9 Å². The van der Waals surface area contributed by atoms with Crippen LogP contribution in [0.5, 0.6) is 17.2 Å². The topological polar surface area (TPSA) is 68.8 Å². The molecule has 4 rings (SSSR count). The zero-order chi connectivity index (χ0) is 30.1. The van der Waals surface area contributed by atoms with Gasteiger partial charge < -0.3 is 24.8 Å². The van der Waals surface area contributed by atoms with Gasteiger partial charge in [-0.2, -0.15) is 13.2 Å². The molecule has 0 heterocycles. The molecular formula is C32H30BrF3N2O4. The summed E-state index contributed by atoms with van der Waals surface area (Å²) in [6.45, 7) is 0.249. The van der Waals surface area contributed by atoms with E-state index in [4.69, 9.17) is 14.2 Å². The predicted octanol–water partition coefficient (Wildman–Crippen LogP) is 7.49. The summed E-state index contributed by atoms with van der Waals surface area (Å²) in [5.74, 6) is -0.549. The summed E-state index contributed by atoms with van der Waals surface area (Å²) in [6.07, 6.45) is -5.04. The van der Waals surface area contributed by atoms with Gasteiger partial charge in [-0.1, -0.05) is 66.7 Å². The van der Waals surface area contributed by atoms with Crippen LogP contribution in [0, 0.1) is 0 Å². The molecule has 2 N–H and O–H groups in total. The van der Waals surface area contributed by atoms with Gasteiger partial charge in [-0.25, -0.2) is 0 Å².